The summed E-state index contributed by atoms with van der Waals surface area (Å²) in [5.41, 5.74) is 0.418. The van der Waals surface area contributed by atoms with Gasteiger partial charge in [0.15, 0.2) is 0 Å². The molecule has 2 heterocycles. The second kappa shape index (κ2) is 6.60. The van der Waals surface area contributed by atoms with Gasteiger partial charge >= 0.3 is 0 Å². The van der Waals surface area contributed by atoms with E-state index in [4.69, 9.17) is 12.2 Å². The molecule has 1 saturated carbocycles. The Morgan fingerprint density at radius 2 is 2.05 bits per heavy atom. The van der Waals surface area contributed by atoms with Gasteiger partial charge in [0.05, 0.1) is 5.56 Å². The van der Waals surface area contributed by atoms with Crippen LogP contribution in [-0.2, 0) is 4.79 Å². The van der Waals surface area contributed by atoms with Crippen molar-refractivity contribution in [1.29, 1.82) is 0 Å². The fourth-order valence-corrected chi connectivity index (χ4v) is 3.66. The minimum Gasteiger partial charge on any atom is -0.352 e. The highest BCUT2D eigenvalue weighted by Crippen LogP contribution is 2.26. The summed E-state index contributed by atoms with van der Waals surface area (Å²) in [6.45, 7) is 0.746. The lowest BCUT2D eigenvalue weighted by atomic mass is 9.94. The van der Waals surface area contributed by atoms with Crippen LogP contribution in [0.2, 0.25) is 0 Å². The third-order valence-corrected chi connectivity index (χ3v) is 4.96. The molecule has 2 N–H and O–H groups in total. The molecular formula is C16H21N3O2S. The molecule has 0 radical (unpaired) electrons. The van der Waals surface area contributed by atoms with Crippen molar-refractivity contribution in [3.8, 4) is 0 Å². The van der Waals surface area contributed by atoms with E-state index in [1.54, 1.807) is 18.3 Å². The number of pyridine rings is 1. The minimum atomic E-state index is -0.413. The molecule has 0 unspecified atom stereocenters. The summed E-state index contributed by atoms with van der Waals surface area (Å²) in [6, 6.07) is 3.36. The van der Waals surface area contributed by atoms with Gasteiger partial charge in [-0.2, -0.15) is 0 Å². The van der Waals surface area contributed by atoms with Gasteiger partial charge in [-0.3, -0.25) is 9.59 Å². The van der Waals surface area contributed by atoms with Crippen LogP contribution in [0.3, 0.4) is 0 Å². The van der Waals surface area contributed by atoms with Gasteiger partial charge in [-0.05, 0) is 31.4 Å². The molecule has 0 bridgehead atoms. The summed E-state index contributed by atoms with van der Waals surface area (Å²) in [5.74, 6) is -0.211. The predicted octanol–water partition coefficient (Wildman–Crippen LogP) is 2.41. The van der Waals surface area contributed by atoms with Crippen molar-refractivity contribution in [3.63, 3.8) is 0 Å². The SMILES string of the molecule is O=C(N[C@@H]1CCN(C2CCCCC2)C1=O)c1ccc[nH]c1=S. The van der Waals surface area contributed by atoms with E-state index in [0.717, 1.165) is 19.4 Å². The summed E-state index contributed by atoms with van der Waals surface area (Å²) < 4.78 is 0.398. The number of carbonyl (C=O) groups excluding carboxylic acids is 2. The van der Waals surface area contributed by atoms with E-state index in [2.05, 4.69) is 10.3 Å². The number of aromatic amines is 1. The second-order valence-corrected chi connectivity index (χ2v) is 6.46. The maximum atomic E-state index is 12.5. The molecule has 22 heavy (non-hydrogen) atoms. The van der Waals surface area contributed by atoms with E-state index in [1.807, 2.05) is 4.90 Å². The Morgan fingerprint density at radius 3 is 2.77 bits per heavy atom. The molecule has 118 valence electrons. The number of hydrogen-bond acceptors (Lipinski definition) is 3. The van der Waals surface area contributed by atoms with Crippen molar-refractivity contribution in [3.05, 3.63) is 28.5 Å². The maximum absolute atomic E-state index is 12.5. The summed E-state index contributed by atoms with van der Waals surface area (Å²) >= 11 is 5.11. The van der Waals surface area contributed by atoms with E-state index < -0.39 is 6.04 Å². The number of amides is 2. The van der Waals surface area contributed by atoms with Crippen LogP contribution in [0.5, 0.6) is 0 Å². The second-order valence-electron chi connectivity index (χ2n) is 6.05. The van der Waals surface area contributed by atoms with Crippen LogP contribution in [0.1, 0.15) is 48.9 Å². The first-order valence-electron chi connectivity index (χ1n) is 7.96. The van der Waals surface area contributed by atoms with Crippen molar-refractivity contribution in [2.45, 2.75) is 50.6 Å². The predicted molar refractivity (Wildman–Crippen MR) is 86.1 cm³/mol. The first-order chi connectivity index (χ1) is 10.7. The van der Waals surface area contributed by atoms with Crippen LogP contribution in [0.15, 0.2) is 18.3 Å². The quantitative estimate of drug-likeness (QED) is 0.841. The first kappa shape index (κ1) is 15.2. The molecule has 1 aliphatic carbocycles. The maximum Gasteiger partial charge on any atom is 0.254 e. The summed E-state index contributed by atoms with van der Waals surface area (Å²) in [4.78, 5) is 29.6. The van der Waals surface area contributed by atoms with Crippen LogP contribution in [0.4, 0.5) is 0 Å². The number of rotatable bonds is 3. The average Bonchev–Trinajstić information content (AvgIpc) is 2.89. The molecule has 1 atom stereocenters. The Morgan fingerprint density at radius 1 is 1.27 bits per heavy atom. The molecule has 2 amide bonds. The highest BCUT2D eigenvalue weighted by Gasteiger charge is 2.37. The summed E-state index contributed by atoms with van der Waals surface area (Å²) in [7, 11) is 0. The zero-order chi connectivity index (χ0) is 15.5. The van der Waals surface area contributed by atoms with Crippen molar-refractivity contribution in [2.24, 2.45) is 0 Å². The molecule has 1 aromatic heterocycles. The first-order valence-corrected chi connectivity index (χ1v) is 8.36. The van der Waals surface area contributed by atoms with Gasteiger partial charge in [0, 0.05) is 18.8 Å². The molecule has 5 nitrogen and oxygen atoms in total. The molecule has 0 spiro atoms. The van der Waals surface area contributed by atoms with Crippen molar-refractivity contribution in [1.82, 2.24) is 15.2 Å². The van der Waals surface area contributed by atoms with Crippen molar-refractivity contribution in [2.75, 3.05) is 6.54 Å². The van der Waals surface area contributed by atoms with Crippen LogP contribution >= 0.6 is 12.2 Å². The molecule has 1 aromatic rings. The summed E-state index contributed by atoms with van der Waals surface area (Å²) in [5, 5.41) is 2.84. The molecule has 6 heteroatoms. The smallest absolute Gasteiger partial charge is 0.254 e. The van der Waals surface area contributed by atoms with Gasteiger partial charge in [-0.25, -0.2) is 0 Å². The molecule has 1 aliphatic heterocycles. The van der Waals surface area contributed by atoms with E-state index >= 15 is 0 Å². The van der Waals surface area contributed by atoms with Gasteiger partial charge < -0.3 is 15.2 Å². The van der Waals surface area contributed by atoms with Crippen LogP contribution in [0, 0.1) is 4.64 Å². The fourth-order valence-electron chi connectivity index (χ4n) is 3.43. The number of nitrogens with one attached hydrogen (secondary N) is 2. The van der Waals surface area contributed by atoms with Crippen molar-refractivity contribution >= 4 is 24.0 Å². The number of aromatic nitrogens is 1. The Kier molecular flexibility index (Phi) is 4.57. The molecule has 3 rings (SSSR count). The monoisotopic (exact) mass is 319 g/mol. The zero-order valence-corrected chi connectivity index (χ0v) is 13.3. The van der Waals surface area contributed by atoms with Gasteiger partial charge in [0.2, 0.25) is 5.91 Å². The zero-order valence-electron chi connectivity index (χ0n) is 12.5. The van der Waals surface area contributed by atoms with E-state index in [9.17, 15) is 9.59 Å². The fraction of sp³-hybridized carbons (Fsp3) is 0.562. The Bertz CT molecular complexity index is 622. The Labute approximate surface area is 135 Å². The Balaban J connectivity index is 1.64. The van der Waals surface area contributed by atoms with Gasteiger partial charge in [0.1, 0.15) is 10.7 Å². The molecular weight excluding hydrogens is 298 g/mol. The lowest BCUT2D eigenvalue weighted by Gasteiger charge is -2.31. The lowest BCUT2D eigenvalue weighted by molar-refractivity contribution is -0.131. The van der Waals surface area contributed by atoms with Crippen LogP contribution in [0.25, 0.3) is 0 Å². The van der Waals surface area contributed by atoms with Crippen LogP contribution in [-0.4, -0.2) is 40.3 Å². The number of nitrogens with zero attached hydrogens (tertiary/aromatic N) is 1. The normalized spacial score (nSPS) is 22.8. The van der Waals surface area contributed by atoms with E-state index in [-0.39, 0.29) is 11.8 Å². The van der Waals surface area contributed by atoms with Crippen molar-refractivity contribution < 1.29 is 9.59 Å². The molecule has 2 aliphatic rings. The number of hydrogen-bond donors (Lipinski definition) is 2. The molecule has 0 aromatic carbocycles. The minimum absolute atomic E-state index is 0.0612. The van der Waals surface area contributed by atoms with E-state index in [1.165, 1.54) is 19.3 Å². The number of carbonyl (C=O) groups is 2. The molecule has 2 fully saturated rings. The largest absolute Gasteiger partial charge is 0.352 e. The highest BCUT2D eigenvalue weighted by atomic mass is 32.1. The average molecular weight is 319 g/mol. The Hall–Kier alpha value is -1.69. The van der Waals surface area contributed by atoms with E-state index in [0.29, 0.717) is 22.7 Å². The third kappa shape index (κ3) is 3.06. The highest BCUT2D eigenvalue weighted by molar-refractivity contribution is 7.71. The number of likely N-dealkylation sites (tertiary alicyclic amines) is 1. The van der Waals surface area contributed by atoms with Crippen LogP contribution < -0.4 is 5.32 Å². The topological polar surface area (TPSA) is 65.2 Å². The summed E-state index contributed by atoms with van der Waals surface area (Å²) in [6.07, 6.45) is 8.22. The number of H-pyrrole nitrogens is 1. The standard InChI is InChI=1S/C16H21N3O2S/c20-14(12-7-4-9-17-15(12)22)18-13-8-10-19(16(13)21)11-5-2-1-3-6-11/h4,7,9,11,13H,1-3,5-6,8,10H2,(H,17,22)(H,18,20)/t13-/m1/s1. The van der Waals surface area contributed by atoms with Gasteiger partial charge in [-0.15, -0.1) is 0 Å². The molecule has 1 saturated heterocycles. The lowest BCUT2D eigenvalue weighted by Crippen LogP contribution is -2.45. The third-order valence-electron chi connectivity index (χ3n) is 4.62. The van der Waals surface area contributed by atoms with Gasteiger partial charge in [0.25, 0.3) is 5.91 Å². The van der Waals surface area contributed by atoms with Gasteiger partial charge in [-0.1, -0.05) is 31.5 Å².